The van der Waals surface area contributed by atoms with Crippen LogP contribution in [0, 0.1) is 13.8 Å². The van der Waals surface area contributed by atoms with Crippen LogP contribution in [0.5, 0.6) is 0 Å². The van der Waals surface area contributed by atoms with Crippen molar-refractivity contribution in [3.63, 3.8) is 0 Å². The van der Waals surface area contributed by atoms with Gasteiger partial charge in [-0.2, -0.15) is 8.42 Å². The number of ether oxygens (including phenoxy) is 1. The van der Waals surface area contributed by atoms with Gasteiger partial charge in [-0.3, -0.25) is 4.72 Å². The number of anilines is 1. The summed E-state index contributed by atoms with van der Waals surface area (Å²) in [5, 5.41) is -0.346. The van der Waals surface area contributed by atoms with Crippen molar-refractivity contribution in [2.45, 2.75) is 18.9 Å². The first kappa shape index (κ1) is 15.1. The lowest BCUT2D eigenvalue weighted by Gasteiger charge is -2.07. The summed E-state index contributed by atoms with van der Waals surface area (Å²) in [7, 11) is -2.70. The summed E-state index contributed by atoms with van der Waals surface area (Å²) in [6.45, 7) is 3.82. The van der Waals surface area contributed by atoms with E-state index in [4.69, 9.17) is 4.42 Å². The maximum absolute atomic E-state index is 12.2. The van der Waals surface area contributed by atoms with Gasteiger partial charge in [0.15, 0.2) is 0 Å². The molecule has 0 unspecified atom stereocenters. The Labute approximate surface area is 122 Å². The molecule has 0 saturated carbocycles. The Hall–Kier alpha value is -2.28. The van der Waals surface area contributed by atoms with Gasteiger partial charge in [-0.1, -0.05) is 6.07 Å². The molecule has 0 radical (unpaired) electrons. The molecule has 21 heavy (non-hydrogen) atoms. The van der Waals surface area contributed by atoms with Crippen molar-refractivity contribution < 1.29 is 22.4 Å². The van der Waals surface area contributed by atoms with E-state index in [1.165, 1.54) is 19.2 Å². The van der Waals surface area contributed by atoms with Gasteiger partial charge in [-0.25, -0.2) is 4.79 Å². The van der Waals surface area contributed by atoms with Crippen molar-refractivity contribution in [2.75, 3.05) is 11.8 Å². The standard InChI is InChI=1S/C14H15NO5S/c1-9-4-5-11(8-10(9)2)15-21(17,18)13-7-6-12(20-13)14(16)19-3/h4-8,15H,1-3H3. The van der Waals surface area contributed by atoms with E-state index in [1.54, 1.807) is 12.1 Å². The second kappa shape index (κ2) is 5.61. The van der Waals surface area contributed by atoms with Gasteiger partial charge in [-0.05, 0) is 49.2 Å². The summed E-state index contributed by atoms with van der Waals surface area (Å²) in [5.74, 6) is -0.902. The highest BCUT2D eigenvalue weighted by molar-refractivity contribution is 7.92. The fourth-order valence-electron chi connectivity index (χ4n) is 1.69. The molecule has 0 atom stereocenters. The summed E-state index contributed by atoms with van der Waals surface area (Å²) >= 11 is 0. The Morgan fingerprint density at radius 2 is 1.86 bits per heavy atom. The van der Waals surface area contributed by atoms with Crippen LogP contribution >= 0.6 is 0 Å². The zero-order chi connectivity index (χ0) is 15.6. The number of methoxy groups -OCH3 is 1. The topological polar surface area (TPSA) is 85.6 Å². The molecule has 6 nitrogen and oxygen atoms in total. The summed E-state index contributed by atoms with van der Waals surface area (Å²) in [5.41, 5.74) is 2.45. The lowest BCUT2D eigenvalue weighted by molar-refractivity contribution is 0.0559. The van der Waals surface area contributed by atoms with Gasteiger partial charge in [0.05, 0.1) is 7.11 Å². The highest BCUT2D eigenvalue weighted by Crippen LogP contribution is 2.20. The Morgan fingerprint density at radius 3 is 2.48 bits per heavy atom. The predicted octanol–water partition coefficient (Wildman–Crippen LogP) is 2.48. The fourth-order valence-corrected chi connectivity index (χ4v) is 2.67. The number of carbonyl (C=O) groups is 1. The van der Waals surface area contributed by atoms with Crippen LogP contribution in [0.2, 0.25) is 0 Å². The van der Waals surface area contributed by atoms with Crippen LogP contribution in [0.3, 0.4) is 0 Å². The second-order valence-electron chi connectivity index (χ2n) is 4.51. The quantitative estimate of drug-likeness (QED) is 0.877. The molecule has 1 aromatic carbocycles. The second-order valence-corrected chi connectivity index (χ2v) is 6.13. The van der Waals surface area contributed by atoms with Crippen LogP contribution in [-0.2, 0) is 14.8 Å². The highest BCUT2D eigenvalue weighted by Gasteiger charge is 2.21. The van der Waals surface area contributed by atoms with Crippen LogP contribution in [0.25, 0.3) is 0 Å². The monoisotopic (exact) mass is 309 g/mol. The number of rotatable bonds is 4. The van der Waals surface area contributed by atoms with Crippen molar-refractivity contribution >= 4 is 21.7 Å². The summed E-state index contributed by atoms with van der Waals surface area (Å²) in [6.07, 6.45) is 0. The number of furan rings is 1. The molecule has 0 aliphatic rings. The van der Waals surface area contributed by atoms with E-state index in [-0.39, 0.29) is 10.9 Å². The smallest absolute Gasteiger partial charge is 0.374 e. The van der Waals surface area contributed by atoms with Gasteiger partial charge in [0.25, 0.3) is 10.0 Å². The Bertz CT molecular complexity index is 776. The minimum absolute atomic E-state index is 0.169. The van der Waals surface area contributed by atoms with Crippen molar-refractivity contribution in [2.24, 2.45) is 0 Å². The van der Waals surface area contributed by atoms with Gasteiger partial charge in [0.2, 0.25) is 10.9 Å². The molecule has 0 bridgehead atoms. The molecule has 1 N–H and O–H groups in total. The normalized spacial score (nSPS) is 11.2. The Kier molecular flexibility index (Phi) is 4.04. The lowest BCUT2D eigenvalue weighted by Crippen LogP contribution is -2.12. The number of aryl methyl sites for hydroxylation is 2. The number of carbonyl (C=O) groups excluding carboxylic acids is 1. The van der Waals surface area contributed by atoms with Crippen molar-refractivity contribution in [1.29, 1.82) is 0 Å². The molecule has 0 spiro atoms. The number of hydrogen-bond donors (Lipinski definition) is 1. The highest BCUT2D eigenvalue weighted by atomic mass is 32.2. The number of benzene rings is 1. The van der Waals surface area contributed by atoms with E-state index < -0.39 is 16.0 Å². The van der Waals surface area contributed by atoms with Gasteiger partial charge in [0, 0.05) is 5.69 Å². The Balaban J connectivity index is 2.27. The molecule has 0 saturated heterocycles. The van der Waals surface area contributed by atoms with E-state index in [1.807, 2.05) is 19.9 Å². The first-order chi connectivity index (χ1) is 9.83. The molecule has 1 heterocycles. The third kappa shape index (κ3) is 3.25. The zero-order valence-corrected chi connectivity index (χ0v) is 12.7. The van der Waals surface area contributed by atoms with Crippen molar-refractivity contribution in [3.8, 4) is 0 Å². The summed E-state index contributed by atoms with van der Waals surface area (Å²) < 4.78 is 36.2. The van der Waals surface area contributed by atoms with Crippen LogP contribution in [0.4, 0.5) is 5.69 Å². The maximum atomic E-state index is 12.2. The average Bonchev–Trinajstić information content (AvgIpc) is 2.92. The lowest BCUT2D eigenvalue weighted by atomic mass is 10.1. The van der Waals surface area contributed by atoms with E-state index in [0.717, 1.165) is 11.1 Å². The van der Waals surface area contributed by atoms with Gasteiger partial charge < -0.3 is 9.15 Å². The fraction of sp³-hybridized carbons (Fsp3) is 0.214. The Morgan fingerprint density at radius 1 is 1.14 bits per heavy atom. The largest absolute Gasteiger partial charge is 0.463 e. The van der Waals surface area contributed by atoms with E-state index >= 15 is 0 Å². The molecule has 0 aliphatic carbocycles. The predicted molar refractivity (Wildman–Crippen MR) is 76.8 cm³/mol. The minimum Gasteiger partial charge on any atom is -0.463 e. The SMILES string of the molecule is COC(=O)c1ccc(S(=O)(=O)Nc2ccc(C)c(C)c2)o1. The van der Waals surface area contributed by atoms with E-state index in [9.17, 15) is 13.2 Å². The van der Waals surface area contributed by atoms with Gasteiger partial charge >= 0.3 is 5.97 Å². The first-order valence-corrected chi connectivity index (χ1v) is 7.60. The average molecular weight is 309 g/mol. The minimum atomic E-state index is -3.89. The summed E-state index contributed by atoms with van der Waals surface area (Å²) in [6, 6.07) is 7.65. The number of nitrogens with one attached hydrogen (secondary N) is 1. The zero-order valence-electron chi connectivity index (χ0n) is 11.8. The molecule has 2 aromatic rings. The number of esters is 1. The van der Waals surface area contributed by atoms with Gasteiger partial charge in [0.1, 0.15) is 0 Å². The molecule has 2 rings (SSSR count). The van der Waals surface area contributed by atoms with Gasteiger partial charge in [-0.15, -0.1) is 0 Å². The maximum Gasteiger partial charge on any atom is 0.374 e. The van der Waals surface area contributed by atoms with Crippen LogP contribution in [-0.4, -0.2) is 21.5 Å². The van der Waals surface area contributed by atoms with Crippen molar-refractivity contribution in [1.82, 2.24) is 0 Å². The van der Waals surface area contributed by atoms with E-state index in [0.29, 0.717) is 5.69 Å². The van der Waals surface area contributed by atoms with Crippen LogP contribution < -0.4 is 4.72 Å². The molecule has 0 amide bonds. The third-order valence-corrected chi connectivity index (χ3v) is 4.25. The van der Waals surface area contributed by atoms with Crippen LogP contribution in [0.15, 0.2) is 39.8 Å². The molecule has 7 heteroatoms. The molecular formula is C14H15NO5S. The third-order valence-electron chi connectivity index (χ3n) is 2.99. The number of hydrogen-bond acceptors (Lipinski definition) is 5. The summed E-state index contributed by atoms with van der Waals surface area (Å²) in [4.78, 5) is 11.3. The van der Waals surface area contributed by atoms with Crippen LogP contribution in [0.1, 0.15) is 21.7 Å². The van der Waals surface area contributed by atoms with E-state index in [2.05, 4.69) is 9.46 Å². The molecule has 0 fully saturated rings. The first-order valence-electron chi connectivity index (χ1n) is 6.12. The molecular weight excluding hydrogens is 294 g/mol. The molecule has 1 aromatic heterocycles. The molecule has 112 valence electrons. The number of sulfonamides is 1. The van der Waals surface area contributed by atoms with Crippen molar-refractivity contribution in [3.05, 3.63) is 47.2 Å². The molecule has 0 aliphatic heterocycles.